The molecule has 0 bridgehead atoms. The number of rotatable bonds is 2. The van der Waals surface area contributed by atoms with Gasteiger partial charge < -0.3 is 5.73 Å². The van der Waals surface area contributed by atoms with Crippen molar-refractivity contribution < 1.29 is 0 Å². The van der Waals surface area contributed by atoms with Crippen LogP contribution in [0.2, 0.25) is 0 Å². The van der Waals surface area contributed by atoms with Crippen LogP contribution in [-0.2, 0) is 14.1 Å². The van der Waals surface area contributed by atoms with E-state index in [9.17, 15) is 4.79 Å². The molecule has 1 unspecified atom stereocenters. The van der Waals surface area contributed by atoms with Crippen LogP contribution in [-0.4, -0.2) is 9.13 Å². The minimum atomic E-state index is -0.0193. The Labute approximate surface area is 108 Å². The molecule has 4 nitrogen and oxygen atoms in total. The van der Waals surface area contributed by atoms with Crippen molar-refractivity contribution in [2.45, 2.75) is 19.4 Å². The van der Waals surface area contributed by atoms with E-state index in [2.05, 4.69) is 15.9 Å². The summed E-state index contributed by atoms with van der Waals surface area (Å²) in [5.41, 5.74) is 8.91. The van der Waals surface area contributed by atoms with Crippen LogP contribution in [0.3, 0.4) is 0 Å². The largest absolute Gasteiger partial charge is 0.328 e. The minimum absolute atomic E-state index is 0.0101. The summed E-state index contributed by atoms with van der Waals surface area (Å²) in [7, 11) is 3.55. The normalized spacial score (nSPS) is 13.2. The summed E-state index contributed by atoms with van der Waals surface area (Å²) >= 11 is 3.52. The highest BCUT2D eigenvalue weighted by Gasteiger charge is 2.14. The molecule has 0 aliphatic heterocycles. The molecular formula is C12H16BrN3O. The van der Waals surface area contributed by atoms with Crippen molar-refractivity contribution in [1.29, 1.82) is 0 Å². The predicted octanol–water partition coefficient (Wildman–Crippen LogP) is 2.05. The van der Waals surface area contributed by atoms with E-state index in [0.29, 0.717) is 0 Å². The van der Waals surface area contributed by atoms with Crippen molar-refractivity contribution in [2.24, 2.45) is 19.8 Å². The number of imidazole rings is 1. The van der Waals surface area contributed by atoms with Crippen molar-refractivity contribution in [3.63, 3.8) is 0 Å². The quantitative estimate of drug-likeness (QED) is 0.922. The third-order valence-corrected chi connectivity index (χ3v) is 3.92. The van der Waals surface area contributed by atoms with Crippen molar-refractivity contribution in [2.75, 3.05) is 0 Å². The van der Waals surface area contributed by atoms with Gasteiger partial charge in [0.2, 0.25) is 0 Å². The maximum absolute atomic E-state index is 11.8. The van der Waals surface area contributed by atoms with E-state index in [1.807, 2.05) is 19.1 Å². The lowest BCUT2D eigenvalue weighted by Gasteiger charge is -2.12. The Balaban J connectivity index is 2.81. The van der Waals surface area contributed by atoms with Gasteiger partial charge in [-0.25, -0.2) is 4.79 Å². The molecule has 0 amide bonds. The minimum Gasteiger partial charge on any atom is -0.324 e. The molecule has 0 fully saturated rings. The summed E-state index contributed by atoms with van der Waals surface area (Å²) in [6.45, 7) is 2.05. The molecule has 0 aliphatic carbocycles. The Bertz CT molecular complexity index is 627. The van der Waals surface area contributed by atoms with Crippen molar-refractivity contribution in [3.05, 3.63) is 32.7 Å². The van der Waals surface area contributed by atoms with Crippen LogP contribution in [0.1, 0.15) is 24.9 Å². The van der Waals surface area contributed by atoms with Crippen LogP contribution >= 0.6 is 15.9 Å². The molecule has 2 aromatic rings. The zero-order valence-electron chi connectivity index (χ0n) is 10.2. The summed E-state index contributed by atoms with van der Waals surface area (Å²) in [6, 6.07) is 3.94. The first-order valence-corrected chi connectivity index (χ1v) is 6.37. The predicted molar refractivity (Wildman–Crippen MR) is 73.1 cm³/mol. The summed E-state index contributed by atoms with van der Waals surface area (Å²) in [6.07, 6.45) is 0.866. The SMILES string of the molecule is CCC(N)c1cc2c(cc1Br)n(C)c(=O)n2C. The van der Waals surface area contributed by atoms with Gasteiger partial charge in [-0.3, -0.25) is 9.13 Å². The highest BCUT2D eigenvalue weighted by molar-refractivity contribution is 9.10. The topological polar surface area (TPSA) is 52.9 Å². The first-order chi connectivity index (χ1) is 7.97. The second-order valence-electron chi connectivity index (χ2n) is 4.28. The van der Waals surface area contributed by atoms with Gasteiger partial charge in [-0.05, 0) is 24.1 Å². The monoisotopic (exact) mass is 297 g/mol. The molecule has 2 rings (SSSR count). The van der Waals surface area contributed by atoms with Crippen molar-refractivity contribution in [3.8, 4) is 0 Å². The smallest absolute Gasteiger partial charge is 0.324 e. The summed E-state index contributed by atoms with van der Waals surface area (Å²) in [4.78, 5) is 11.8. The molecule has 0 saturated carbocycles. The Morgan fingerprint density at radius 3 is 2.35 bits per heavy atom. The van der Waals surface area contributed by atoms with Crippen LogP contribution in [0, 0.1) is 0 Å². The fourth-order valence-corrected chi connectivity index (χ4v) is 2.67. The zero-order chi connectivity index (χ0) is 12.7. The van der Waals surface area contributed by atoms with E-state index in [-0.39, 0.29) is 11.7 Å². The van der Waals surface area contributed by atoms with Crippen LogP contribution in [0.15, 0.2) is 21.4 Å². The molecule has 0 spiro atoms. The molecular weight excluding hydrogens is 282 g/mol. The summed E-state index contributed by atoms with van der Waals surface area (Å²) in [5.74, 6) is 0. The van der Waals surface area contributed by atoms with E-state index in [1.54, 1.807) is 23.2 Å². The zero-order valence-corrected chi connectivity index (χ0v) is 11.8. The maximum atomic E-state index is 11.8. The molecule has 1 atom stereocenters. The van der Waals surface area contributed by atoms with Gasteiger partial charge >= 0.3 is 5.69 Å². The molecule has 0 radical (unpaired) electrons. The molecule has 5 heteroatoms. The molecule has 2 N–H and O–H groups in total. The second-order valence-corrected chi connectivity index (χ2v) is 5.13. The van der Waals surface area contributed by atoms with E-state index in [0.717, 1.165) is 27.5 Å². The number of fused-ring (bicyclic) bond motifs is 1. The Hall–Kier alpha value is -1.07. The first-order valence-electron chi connectivity index (χ1n) is 5.57. The number of halogens is 1. The fourth-order valence-electron chi connectivity index (χ4n) is 2.04. The molecule has 0 saturated heterocycles. The average Bonchev–Trinajstić information content (AvgIpc) is 2.53. The molecule has 1 heterocycles. The lowest BCUT2D eigenvalue weighted by molar-refractivity contribution is 0.696. The third-order valence-electron chi connectivity index (χ3n) is 3.23. The number of nitrogens with zero attached hydrogens (tertiary/aromatic N) is 2. The Morgan fingerprint density at radius 1 is 1.29 bits per heavy atom. The maximum Gasteiger partial charge on any atom is 0.328 e. The fraction of sp³-hybridized carbons (Fsp3) is 0.417. The lowest BCUT2D eigenvalue weighted by atomic mass is 10.0. The summed E-state index contributed by atoms with van der Waals surface area (Å²) in [5, 5.41) is 0. The van der Waals surface area contributed by atoms with E-state index < -0.39 is 0 Å². The number of hydrogen-bond donors (Lipinski definition) is 1. The van der Waals surface area contributed by atoms with Gasteiger partial charge in [0.25, 0.3) is 0 Å². The second kappa shape index (κ2) is 4.31. The van der Waals surface area contributed by atoms with Crippen LogP contribution in [0.25, 0.3) is 11.0 Å². The van der Waals surface area contributed by atoms with Gasteiger partial charge in [-0.15, -0.1) is 0 Å². The third kappa shape index (κ3) is 1.83. The van der Waals surface area contributed by atoms with Gasteiger partial charge in [0.15, 0.2) is 0 Å². The van der Waals surface area contributed by atoms with E-state index in [1.165, 1.54) is 0 Å². The average molecular weight is 298 g/mol. The molecule has 1 aromatic heterocycles. The van der Waals surface area contributed by atoms with Crippen molar-refractivity contribution in [1.82, 2.24) is 9.13 Å². The van der Waals surface area contributed by atoms with Gasteiger partial charge in [-0.1, -0.05) is 22.9 Å². The molecule has 17 heavy (non-hydrogen) atoms. The summed E-state index contributed by atoms with van der Waals surface area (Å²) < 4.78 is 4.25. The Morgan fingerprint density at radius 2 is 1.82 bits per heavy atom. The number of nitrogens with two attached hydrogens (primary N) is 1. The van der Waals surface area contributed by atoms with E-state index >= 15 is 0 Å². The van der Waals surface area contributed by atoms with Gasteiger partial charge in [-0.2, -0.15) is 0 Å². The van der Waals surface area contributed by atoms with Gasteiger partial charge in [0, 0.05) is 24.6 Å². The first kappa shape index (κ1) is 12.4. The number of aryl methyl sites for hydroxylation is 2. The molecule has 92 valence electrons. The van der Waals surface area contributed by atoms with Crippen LogP contribution in [0.4, 0.5) is 0 Å². The molecule has 0 aliphatic rings. The number of aromatic nitrogens is 2. The Kier molecular flexibility index (Phi) is 3.14. The van der Waals surface area contributed by atoms with Crippen molar-refractivity contribution >= 4 is 27.0 Å². The number of benzene rings is 1. The highest BCUT2D eigenvalue weighted by atomic mass is 79.9. The lowest BCUT2D eigenvalue weighted by Crippen LogP contribution is -2.19. The van der Waals surface area contributed by atoms with E-state index in [4.69, 9.17) is 5.73 Å². The van der Waals surface area contributed by atoms with Gasteiger partial charge in [0.1, 0.15) is 0 Å². The highest BCUT2D eigenvalue weighted by Crippen LogP contribution is 2.28. The van der Waals surface area contributed by atoms with Crippen LogP contribution in [0.5, 0.6) is 0 Å². The molecule has 1 aromatic carbocycles. The number of hydrogen-bond acceptors (Lipinski definition) is 2. The standard InChI is InChI=1S/C12H16BrN3O/c1-4-9(14)7-5-10-11(6-8(7)13)16(3)12(17)15(10)2/h5-6,9H,4,14H2,1-3H3. The van der Waals surface area contributed by atoms with Gasteiger partial charge in [0.05, 0.1) is 11.0 Å². The van der Waals surface area contributed by atoms with Crippen LogP contribution < -0.4 is 11.4 Å².